The Labute approximate surface area is 369 Å². The van der Waals surface area contributed by atoms with E-state index in [0.29, 0.717) is 48.7 Å². The molecule has 3 saturated heterocycles. The average molecular weight is 900 g/mol. The van der Waals surface area contributed by atoms with Gasteiger partial charge in [0.2, 0.25) is 17.7 Å². The van der Waals surface area contributed by atoms with Crippen LogP contribution >= 0.6 is 18.9 Å². The van der Waals surface area contributed by atoms with E-state index >= 15 is 4.39 Å². The second-order valence-corrected chi connectivity index (χ2v) is 19.8. The summed E-state index contributed by atoms with van der Waals surface area (Å²) in [4.78, 5) is 59.7. The Morgan fingerprint density at radius 3 is 2.41 bits per heavy atom. The van der Waals surface area contributed by atoms with Gasteiger partial charge in [-0.3, -0.25) is 23.7 Å². The van der Waals surface area contributed by atoms with Gasteiger partial charge in [-0.05, 0) is 91.8 Å². The number of likely N-dealkylation sites (tertiary alicyclic amines) is 1. The standard InChI is InChI=1S/C46H51FN5O9PS/c1-58-22-23-60-45(56)37(28-59-2)50-62(57,61-33-13-7-4-8-14-33)41(47)30-16-19-39-31(24-30)25-40(63-39)42(53)49-36-15-9-12-32-17-18-38(52(32)43(36)54)44(55)51-27-34(29-10-5-3-6-11-29)35(26-48)46(51)20-21-46/h3-8,10-11,13-14,16,19,24-25,32,34-38,41H,9,12,15,17-18,20-23,27-28H2,1-2H3,(H,49,53)(H,50,57)/t32-,34+,35+,36?,37-,38-,41-,62?/m0/s1. The van der Waals surface area contributed by atoms with Crippen LogP contribution in [-0.2, 0) is 33.2 Å². The number of hydrogen-bond acceptors (Lipinski definition) is 11. The molecule has 1 aromatic heterocycles. The number of benzene rings is 3. The summed E-state index contributed by atoms with van der Waals surface area (Å²) >= 11 is 1.16. The molecule has 17 heteroatoms. The van der Waals surface area contributed by atoms with Crippen molar-refractivity contribution in [3.8, 4) is 11.8 Å². The number of para-hydroxylation sites is 1. The van der Waals surface area contributed by atoms with Crippen molar-refractivity contribution in [3.63, 3.8) is 0 Å². The zero-order valence-corrected chi connectivity index (χ0v) is 36.9. The number of thiophene rings is 1. The Kier molecular flexibility index (Phi) is 13.3. The van der Waals surface area contributed by atoms with Crippen molar-refractivity contribution in [2.24, 2.45) is 5.92 Å². The van der Waals surface area contributed by atoms with E-state index in [9.17, 15) is 29.0 Å². The van der Waals surface area contributed by atoms with Gasteiger partial charge in [0.1, 0.15) is 30.5 Å². The molecular weight excluding hydrogens is 849 g/mol. The molecule has 1 saturated carbocycles. The maximum Gasteiger partial charge on any atom is 0.355 e. The van der Waals surface area contributed by atoms with Gasteiger partial charge < -0.3 is 33.9 Å². The Morgan fingerprint density at radius 1 is 0.968 bits per heavy atom. The number of hydrogen-bond donors (Lipinski definition) is 2. The Morgan fingerprint density at radius 2 is 1.71 bits per heavy atom. The lowest BCUT2D eigenvalue weighted by Crippen LogP contribution is -2.56. The highest BCUT2D eigenvalue weighted by Gasteiger charge is 2.64. The third-order valence-electron chi connectivity index (χ3n) is 12.8. The first-order chi connectivity index (χ1) is 30.5. The zero-order valence-electron chi connectivity index (χ0n) is 35.2. The second-order valence-electron chi connectivity index (χ2n) is 16.7. The number of halogens is 1. The lowest BCUT2D eigenvalue weighted by Gasteiger charge is -2.35. The quantitative estimate of drug-likeness (QED) is 0.0682. The summed E-state index contributed by atoms with van der Waals surface area (Å²) in [5.74, 6) is -4.34. The fourth-order valence-electron chi connectivity index (χ4n) is 9.56. The van der Waals surface area contributed by atoms with E-state index in [2.05, 4.69) is 16.5 Å². The summed E-state index contributed by atoms with van der Waals surface area (Å²) in [6, 6.07) is 23.5. The molecule has 3 amide bonds. The molecule has 3 aliphatic heterocycles. The molecule has 8 rings (SSSR count). The van der Waals surface area contributed by atoms with Crippen LogP contribution in [0.15, 0.2) is 84.9 Å². The molecule has 1 aliphatic carbocycles. The van der Waals surface area contributed by atoms with Gasteiger partial charge in [0.05, 0.1) is 35.6 Å². The van der Waals surface area contributed by atoms with E-state index in [0.717, 1.165) is 29.7 Å². The van der Waals surface area contributed by atoms with Crippen molar-refractivity contribution in [2.75, 3.05) is 40.6 Å². The zero-order chi connectivity index (χ0) is 44.3. The number of nitriles is 1. The van der Waals surface area contributed by atoms with Gasteiger partial charge in [-0.15, -0.1) is 11.3 Å². The van der Waals surface area contributed by atoms with Gasteiger partial charge in [0.25, 0.3) is 5.91 Å². The van der Waals surface area contributed by atoms with E-state index in [1.165, 1.54) is 38.5 Å². The predicted octanol–water partition coefficient (Wildman–Crippen LogP) is 6.88. The lowest BCUT2D eigenvalue weighted by molar-refractivity contribution is -0.148. The molecule has 0 radical (unpaired) electrons. The number of esters is 1. The van der Waals surface area contributed by atoms with Crippen LogP contribution in [0.3, 0.4) is 0 Å². The van der Waals surface area contributed by atoms with Gasteiger partial charge in [-0.25, -0.2) is 9.48 Å². The summed E-state index contributed by atoms with van der Waals surface area (Å²) in [5, 5.41) is 16.3. The first-order valence-corrected chi connectivity index (χ1v) is 23.8. The van der Waals surface area contributed by atoms with Crippen LogP contribution in [-0.4, -0.2) is 104 Å². The number of nitrogens with one attached hydrogen (secondary N) is 2. The summed E-state index contributed by atoms with van der Waals surface area (Å²) < 4.78 is 53.1. The molecule has 4 fully saturated rings. The predicted molar refractivity (Wildman–Crippen MR) is 233 cm³/mol. The third kappa shape index (κ3) is 8.99. The van der Waals surface area contributed by atoms with Gasteiger partial charge in [0, 0.05) is 37.4 Å². The van der Waals surface area contributed by atoms with Crippen molar-refractivity contribution in [1.82, 2.24) is 20.2 Å². The van der Waals surface area contributed by atoms with Gasteiger partial charge in [-0.1, -0.05) is 54.6 Å². The number of alkyl halides is 1. The van der Waals surface area contributed by atoms with E-state index < -0.39 is 49.0 Å². The molecule has 8 atom stereocenters. The van der Waals surface area contributed by atoms with Crippen molar-refractivity contribution in [3.05, 3.63) is 101 Å². The molecule has 0 bridgehead atoms. The number of fused-ring (bicyclic) bond motifs is 2. The minimum absolute atomic E-state index is 0.0279. The number of ether oxygens (including phenoxy) is 3. The SMILES string of the molecule is COCCOC(=O)[C@H](COC)NP(=O)(Oc1ccccc1)[C@H](F)c1ccc2sc(C(=O)NC3CCC[C@H]4CC[C@@H](C(=O)N5C[C@H](c6ccccc6)[C@@H](C#N)C56CC6)N4C3=O)cc2c1. The summed E-state index contributed by atoms with van der Waals surface area (Å²) in [6.45, 7) is 0.166. The minimum atomic E-state index is -4.60. The first kappa shape index (κ1) is 44.4. The van der Waals surface area contributed by atoms with Gasteiger partial charge in [-0.2, -0.15) is 5.26 Å². The van der Waals surface area contributed by atoms with Crippen LogP contribution in [0, 0.1) is 17.2 Å². The average Bonchev–Trinajstić information content (AvgIpc) is 3.66. The highest BCUT2D eigenvalue weighted by atomic mass is 32.1. The molecular formula is C46H51FN5O9PS. The second kappa shape index (κ2) is 18.9. The highest BCUT2D eigenvalue weighted by molar-refractivity contribution is 7.57. The highest BCUT2D eigenvalue weighted by Crippen LogP contribution is 2.59. The van der Waals surface area contributed by atoms with Crippen LogP contribution < -0.4 is 14.9 Å². The van der Waals surface area contributed by atoms with Crippen LogP contribution in [0.1, 0.15) is 77.6 Å². The largest absolute Gasteiger partial charge is 0.462 e. The molecule has 332 valence electrons. The first-order valence-electron chi connectivity index (χ1n) is 21.3. The number of nitrogens with zero attached hydrogens (tertiary/aromatic N) is 3. The Hall–Kier alpha value is -5.17. The van der Waals surface area contributed by atoms with E-state index in [1.807, 2.05) is 35.2 Å². The van der Waals surface area contributed by atoms with Crippen LogP contribution in [0.25, 0.3) is 10.1 Å². The fourth-order valence-corrected chi connectivity index (χ4v) is 12.4. The maximum atomic E-state index is 16.8. The maximum absolute atomic E-state index is 16.8. The van der Waals surface area contributed by atoms with Crippen LogP contribution in [0.2, 0.25) is 0 Å². The molecule has 63 heavy (non-hydrogen) atoms. The molecule has 4 aliphatic rings. The molecule has 14 nitrogen and oxygen atoms in total. The fraction of sp³-hybridized carbons (Fsp3) is 0.457. The molecule has 1 spiro atoms. The van der Waals surface area contributed by atoms with Crippen molar-refractivity contribution < 1.29 is 46.9 Å². The van der Waals surface area contributed by atoms with E-state index in [-0.39, 0.29) is 65.7 Å². The van der Waals surface area contributed by atoms with E-state index in [1.54, 1.807) is 35.2 Å². The molecule has 2 unspecified atom stereocenters. The molecule has 4 aromatic rings. The van der Waals surface area contributed by atoms with Crippen molar-refractivity contribution >= 4 is 52.6 Å². The Balaban J connectivity index is 0.984. The van der Waals surface area contributed by atoms with Crippen LogP contribution in [0.5, 0.6) is 5.75 Å². The topological polar surface area (TPSA) is 177 Å². The van der Waals surface area contributed by atoms with Crippen molar-refractivity contribution in [2.45, 2.75) is 86.5 Å². The van der Waals surface area contributed by atoms with Crippen molar-refractivity contribution in [1.29, 1.82) is 5.26 Å². The number of carbonyl (C=O) groups excluding carboxylic acids is 4. The van der Waals surface area contributed by atoms with Gasteiger partial charge in [0.15, 0.2) is 0 Å². The lowest BCUT2D eigenvalue weighted by atomic mass is 9.85. The summed E-state index contributed by atoms with van der Waals surface area (Å²) in [5.41, 5.74) is 0.479. The number of rotatable bonds is 16. The van der Waals surface area contributed by atoms with Crippen LogP contribution in [0.4, 0.5) is 4.39 Å². The molecule has 2 N–H and O–H groups in total. The smallest absolute Gasteiger partial charge is 0.355 e. The number of amides is 3. The number of methoxy groups -OCH3 is 2. The molecule has 4 heterocycles. The van der Waals surface area contributed by atoms with Gasteiger partial charge >= 0.3 is 13.5 Å². The van der Waals surface area contributed by atoms with E-state index in [4.69, 9.17) is 18.7 Å². The normalized spacial score (nSPS) is 24.5. The monoisotopic (exact) mass is 899 g/mol. The molecule has 3 aromatic carbocycles. The number of carbonyl (C=O) groups is 4. The Bertz CT molecular complexity index is 2410. The summed E-state index contributed by atoms with van der Waals surface area (Å²) in [7, 11) is -1.82. The summed E-state index contributed by atoms with van der Waals surface area (Å²) in [6.07, 6.45) is 4.52. The minimum Gasteiger partial charge on any atom is -0.462 e. The third-order valence-corrected chi connectivity index (χ3v) is 15.9.